The zero-order chi connectivity index (χ0) is 23.2. The molecule has 33 heavy (non-hydrogen) atoms. The molecule has 0 unspecified atom stereocenters. The van der Waals surface area contributed by atoms with E-state index in [0.717, 1.165) is 18.4 Å². The summed E-state index contributed by atoms with van der Waals surface area (Å²) < 4.78 is 15.2. The molecule has 0 radical (unpaired) electrons. The predicted molar refractivity (Wildman–Crippen MR) is 120 cm³/mol. The molecule has 0 spiro atoms. The van der Waals surface area contributed by atoms with E-state index in [4.69, 9.17) is 11.6 Å². The standard InChI is InChI=1S/C23H22ClFN6O2/c1-29(23(6-7-23)15-4-8-26-9-5-15)21(32)17-13-27-31-11-10-30(14-20(17)31)22(33)28-16-2-3-19(25)18(24)12-16/h2-5,8-9,12-13H,6-7,10-11,14H2,1H3,(H,28,33). The average molecular weight is 469 g/mol. The van der Waals surface area contributed by atoms with Crippen LogP contribution in [0.5, 0.6) is 0 Å². The van der Waals surface area contributed by atoms with Gasteiger partial charge in [-0.15, -0.1) is 0 Å². The normalized spacial score (nSPS) is 16.2. The van der Waals surface area contributed by atoms with Gasteiger partial charge in [-0.1, -0.05) is 11.6 Å². The summed E-state index contributed by atoms with van der Waals surface area (Å²) in [6.45, 7) is 1.14. The molecule has 2 aromatic heterocycles. The summed E-state index contributed by atoms with van der Waals surface area (Å²) in [6.07, 6.45) is 6.83. The van der Waals surface area contributed by atoms with Crippen molar-refractivity contribution >= 4 is 29.2 Å². The molecule has 0 atom stereocenters. The highest BCUT2D eigenvalue weighted by atomic mass is 35.5. The second-order valence-corrected chi connectivity index (χ2v) is 8.75. The highest BCUT2D eigenvalue weighted by molar-refractivity contribution is 6.31. The second-order valence-electron chi connectivity index (χ2n) is 8.34. The summed E-state index contributed by atoms with van der Waals surface area (Å²) in [7, 11) is 1.81. The Morgan fingerprint density at radius 3 is 2.64 bits per heavy atom. The van der Waals surface area contributed by atoms with Crippen molar-refractivity contribution in [3.8, 4) is 0 Å². The molecule has 5 rings (SSSR count). The maximum Gasteiger partial charge on any atom is 0.322 e. The first-order valence-corrected chi connectivity index (χ1v) is 11.0. The van der Waals surface area contributed by atoms with Gasteiger partial charge in [0.1, 0.15) is 5.82 Å². The Labute approximate surface area is 195 Å². The summed E-state index contributed by atoms with van der Waals surface area (Å²) in [4.78, 5) is 33.7. The highest BCUT2D eigenvalue weighted by Gasteiger charge is 2.50. The number of fused-ring (bicyclic) bond motifs is 1. The van der Waals surface area contributed by atoms with Crippen molar-refractivity contribution in [2.45, 2.75) is 31.5 Å². The highest BCUT2D eigenvalue weighted by Crippen LogP contribution is 2.50. The fraction of sp³-hybridized carbons (Fsp3) is 0.304. The zero-order valence-corrected chi connectivity index (χ0v) is 18.7. The number of hydrogen-bond acceptors (Lipinski definition) is 4. The number of urea groups is 1. The van der Waals surface area contributed by atoms with Crippen LogP contribution in [0.15, 0.2) is 48.9 Å². The van der Waals surface area contributed by atoms with Crippen molar-refractivity contribution < 1.29 is 14.0 Å². The van der Waals surface area contributed by atoms with Crippen molar-refractivity contribution in [3.05, 3.63) is 76.6 Å². The molecular formula is C23H22ClFN6O2. The molecule has 1 aliphatic heterocycles. The second kappa shape index (κ2) is 8.15. The lowest BCUT2D eigenvalue weighted by Gasteiger charge is -2.31. The molecule has 1 N–H and O–H groups in total. The van der Waals surface area contributed by atoms with Crippen LogP contribution in [0.1, 0.15) is 34.5 Å². The molecule has 2 aliphatic rings. The SMILES string of the molecule is CN(C(=O)c1cnn2c1CN(C(=O)Nc1ccc(F)c(Cl)c1)CC2)C1(c2ccncc2)CC1. The molecule has 1 saturated carbocycles. The summed E-state index contributed by atoms with van der Waals surface area (Å²) in [5, 5.41) is 7.04. The van der Waals surface area contributed by atoms with Crippen LogP contribution in [0.2, 0.25) is 5.02 Å². The van der Waals surface area contributed by atoms with Crippen LogP contribution >= 0.6 is 11.6 Å². The molecule has 10 heteroatoms. The molecule has 3 amide bonds. The third-order valence-electron chi connectivity index (χ3n) is 6.45. The van der Waals surface area contributed by atoms with Crippen LogP contribution in [0.3, 0.4) is 0 Å². The van der Waals surface area contributed by atoms with E-state index in [2.05, 4.69) is 15.4 Å². The van der Waals surface area contributed by atoms with E-state index in [1.165, 1.54) is 18.2 Å². The van der Waals surface area contributed by atoms with Gasteiger partial charge in [0.15, 0.2) is 0 Å². The molecule has 0 bridgehead atoms. The van der Waals surface area contributed by atoms with Gasteiger partial charge in [0.25, 0.3) is 5.91 Å². The predicted octanol–water partition coefficient (Wildman–Crippen LogP) is 3.88. The van der Waals surface area contributed by atoms with Crippen molar-refractivity contribution in [2.75, 3.05) is 18.9 Å². The minimum Gasteiger partial charge on any atom is -0.332 e. The topological polar surface area (TPSA) is 83.4 Å². The molecule has 8 nitrogen and oxygen atoms in total. The molecular weight excluding hydrogens is 447 g/mol. The number of rotatable bonds is 4. The lowest BCUT2D eigenvalue weighted by molar-refractivity contribution is 0.0701. The number of halogens is 2. The van der Waals surface area contributed by atoms with Crippen LogP contribution in [0.4, 0.5) is 14.9 Å². The van der Waals surface area contributed by atoms with E-state index in [9.17, 15) is 14.0 Å². The molecule has 1 aliphatic carbocycles. The molecule has 170 valence electrons. The van der Waals surface area contributed by atoms with E-state index in [1.807, 2.05) is 19.2 Å². The quantitative estimate of drug-likeness (QED) is 0.630. The lowest BCUT2D eigenvalue weighted by atomic mass is 10.0. The summed E-state index contributed by atoms with van der Waals surface area (Å²) in [5.74, 6) is -0.679. The first-order valence-electron chi connectivity index (χ1n) is 10.6. The van der Waals surface area contributed by atoms with Crippen LogP contribution in [-0.4, -0.2) is 50.1 Å². The van der Waals surface area contributed by atoms with E-state index in [0.29, 0.717) is 30.0 Å². The van der Waals surface area contributed by atoms with Crippen molar-refractivity contribution in [1.82, 2.24) is 24.6 Å². The van der Waals surface area contributed by atoms with Gasteiger partial charge in [-0.05, 0) is 48.7 Å². The molecule has 0 saturated heterocycles. The van der Waals surface area contributed by atoms with E-state index < -0.39 is 5.82 Å². The number of benzene rings is 1. The molecule has 3 heterocycles. The van der Waals surface area contributed by atoms with Gasteiger partial charge in [-0.3, -0.25) is 14.5 Å². The first-order chi connectivity index (χ1) is 15.9. The number of nitrogens with one attached hydrogen (secondary N) is 1. The monoisotopic (exact) mass is 468 g/mol. The van der Waals surface area contributed by atoms with Gasteiger partial charge in [0.2, 0.25) is 0 Å². The Kier molecular flexibility index (Phi) is 5.28. The minimum atomic E-state index is -0.552. The van der Waals surface area contributed by atoms with Gasteiger partial charge < -0.3 is 15.1 Å². The number of hydrogen-bond donors (Lipinski definition) is 1. The van der Waals surface area contributed by atoms with E-state index in [1.54, 1.807) is 33.1 Å². The zero-order valence-electron chi connectivity index (χ0n) is 18.0. The number of amides is 3. The minimum absolute atomic E-state index is 0.0661. The summed E-state index contributed by atoms with van der Waals surface area (Å²) in [5.41, 5.74) is 2.31. The number of pyridine rings is 1. The largest absolute Gasteiger partial charge is 0.332 e. The molecule has 3 aromatic rings. The molecule has 1 fully saturated rings. The average Bonchev–Trinajstić information content (AvgIpc) is 3.54. The first kappa shape index (κ1) is 21.4. The lowest BCUT2D eigenvalue weighted by Crippen LogP contribution is -2.42. The number of carbonyl (C=O) groups excluding carboxylic acids is 2. The number of nitrogens with zero attached hydrogens (tertiary/aromatic N) is 5. The Balaban J connectivity index is 1.33. The number of anilines is 1. The van der Waals surface area contributed by atoms with Gasteiger partial charge >= 0.3 is 6.03 Å². The Bertz CT molecular complexity index is 1230. The molecule has 1 aromatic carbocycles. The fourth-order valence-corrected chi connectivity index (χ4v) is 4.53. The van der Waals surface area contributed by atoms with Crippen LogP contribution in [0, 0.1) is 5.82 Å². The van der Waals surface area contributed by atoms with Crippen LogP contribution < -0.4 is 5.32 Å². The number of aromatic nitrogens is 3. The summed E-state index contributed by atoms with van der Waals surface area (Å²) >= 11 is 5.81. The Hall–Kier alpha value is -3.46. The van der Waals surface area contributed by atoms with Gasteiger partial charge in [0, 0.05) is 31.7 Å². The van der Waals surface area contributed by atoms with E-state index in [-0.39, 0.29) is 29.0 Å². The summed E-state index contributed by atoms with van der Waals surface area (Å²) in [6, 6.07) is 7.54. The fourth-order valence-electron chi connectivity index (χ4n) is 4.35. The van der Waals surface area contributed by atoms with Crippen LogP contribution in [0.25, 0.3) is 0 Å². The van der Waals surface area contributed by atoms with Gasteiger partial charge in [-0.2, -0.15) is 5.10 Å². The van der Waals surface area contributed by atoms with Crippen molar-refractivity contribution in [2.24, 2.45) is 0 Å². The van der Waals surface area contributed by atoms with Crippen molar-refractivity contribution in [3.63, 3.8) is 0 Å². The third-order valence-corrected chi connectivity index (χ3v) is 6.74. The number of carbonyl (C=O) groups is 2. The maximum absolute atomic E-state index is 13.5. The third kappa shape index (κ3) is 3.82. The van der Waals surface area contributed by atoms with Crippen LogP contribution in [-0.2, 0) is 18.6 Å². The van der Waals surface area contributed by atoms with Gasteiger partial charge in [-0.25, -0.2) is 9.18 Å². The Morgan fingerprint density at radius 1 is 1.18 bits per heavy atom. The smallest absolute Gasteiger partial charge is 0.322 e. The van der Waals surface area contributed by atoms with E-state index >= 15 is 0 Å². The van der Waals surface area contributed by atoms with Gasteiger partial charge in [0.05, 0.1) is 41.1 Å². The van der Waals surface area contributed by atoms with Crippen molar-refractivity contribution in [1.29, 1.82) is 0 Å². The Morgan fingerprint density at radius 2 is 1.94 bits per heavy atom. The maximum atomic E-state index is 13.5.